The van der Waals surface area contributed by atoms with Gasteiger partial charge in [-0.05, 0) is 24.3 Å². The van der Waals surface area contributed by atoms with Crippen LogP contribution in [-0.2, 0) is 0 Å². The molecule has 0 aromatic carbocycles. The van der Waals surface area contributed by atoms with Crippen LogP contribution < -0.4 is 5.73 Å². The predicted octanol–water partition coefficient (Wildman–Crippen LogP) is 1.44. The molecule has 0 aliphatic rings. The van der Waals surface area contributed by atoms with Crippen LogP contribution in [-0.4, -0.2) is 10.9 Å². The highest BCUT2D eigenvalue weighted by Crippen LogP contribution is 2.20. The molecule has 0 fully saturated rings. The average Bonchev–Trinajstić information content (AvgIpc) is 2.68. The van der Waals surface area contributed by atoms with E-state index in [2.05, 4.69) is 4.98 Å². The molecular weight excluding hydrogens is 180 g/mol. The van der Waals surface area contributed by atoms with Crippen LogP contribution in [0, 0.1) is 0 Å². The molecule has 0 aliphatic carbocycles. The molecule has 0 saturated heterocycles. The normalized spacial score (nSPS) is 10.0. The first-order valence-corrected chi connectivity index (χ1v) is 4.07. The molecule has 0 radical (unpaired) electrons. The van der Waals surface area contributed by atoms with Gasteiger partial charge in [0, 0.05) is 18.0 Å². The van der Waals surface area contributed by atoms with Gasteiger partial charge in [-0.25, -0.2) is 0 Å². The van der Waals surface area contributed by atoms with Crippen LogP contribution in [0.25, 0.3) is 11.3 Å². The van der Waals surface area contributed by atoms with Gasteiger partial charge in [0.2, 0.25) is 0 Å². The maximum absolute atomic E-state index is 10.8. The van der Waals surface area contributed by atoms with Gasteiger partial charge in [0.15, 0.2) is 5.76 Å². The van der Waals surface area contributed by atoms with Crippen molar-refractivity contribution in [2.75, 3.05) is 0 Å². The van der Waals surface area contributed by atoms with Crippen LogP contribution in [0.2, 0.25) is 0 Å². The lowest BCUT2D eigenvalue weighted by Crippen LogP contribution is -2.09. The van der Waals surface area contributed by atoms with E-state index in [0.717, 1.165) is 5.56 Å². The van der Waals surface area contributed by atoms with E-state index in [1.165, 1.54) is 0 Å². The summed E-state index contributed by atoms with van der Waals surface area (Å²) >= 11 is 0. The summed E-state index contributed by atoms with van der Waals surface area (Å²) in [6.45, 7) is 0. The third-order valence-electron chi connectivity index (χ3n) is 1.79. The molecular formula is C10H8N2O2. The number of primary amides is 1. The van der Waals surface area contributed by atoms with Gasteiger partial charge in [-0.15, -0.1) is 0 Å². The molecule has 2 aromatic rings. The number of aromatic nitrogens is 1. The van der Waals surface area contributed by atoms with Gasteiger partial charge >= 0.3 is 0 Å². The van der Waals surface area contributed by atoms with Crippen molar-refractivity contribution in [3.8, 4) is 11.3 Å². The fraction of sp³-hybridized carbons (Fsp3) is 0. The molecule has 2 rings (SSSR count). The molecule has 0 spiro atoms. The Bertz CT molecular complexity index is 448. The van der Waals surface area contributed by atoms with E-state index in [1.807, 2.05) is 6.07 Å². The Morgan fingerprint density at radius 2 is 2.21 bits per heavy atom. The number of hydrogen-bond donors (Lipinski definition) is 1. The number of rotatable bonds is 2. The zero-order valence-electron chi connectivity index (χ0n) is 7.31. The van der Waals surface area contributed by atoms with Crippen LogP contribution in [0.4, 0.5) is 0 Å². The summed E-state index contributed by atoms with van der Waals surface area (Å²) in [4.78, 5) is 14.7. The number of furan rings is 1. The minimum Gasteiger partial charge on any atom is -0.451 e. The minimum atomic E-state index is -0.569. The van der Waals surface area contributed by atoms with Crippen LogP contribution in [0.5, 0.6) is 0 Å². The molecule has 4 nitrogen and oxygen atoms in total. The molecule has 2 aromatic heterocycles. The van der Waals surface area contributed by atoms with Gasteiger partial charge in [0.1, 0.15) is 5.76 Å². The lowest BCUT2D eigenvalue weighted by molar-refractivity contribution is 0.0974. The second kappa shape index (κ2) is 3.33. The quantitative estimate of drug-likeness (QED) is 0.775. The first kappa shape index (κ1) is 8.50. The van der Waals surface area contributed by atoms with Crippen molar-refractivity contribution in [1.82, 2.24) is 4.98 Å². The summed E-state index contributed by atoms with van der Waals surface area (Å²) in [7, 11) is 0. The van der Waals surface area contributed by atoms with Crippen molar-refractivity contribution in [3.05, 3.63) is 42.4 Å². The lowest BCUT2D eigenvalue weighted by Gasteiger charge is -1.93. The predicted molar refractivity (Wildman–Crippen MR) is 50.5 cm³/mol. The smallest absolute Gasteiger partial charge is 0.284 e. The molecule has 0 unspecified atom stereocenters. The monoisotopic (exact) mass is 188 g/mol. The van der Waals surface area contributed by atoms with E-state index >= 15 is 0 Å². The van der Waals surface area contributed by atoms with E-state index in [0.29, 0.717) is 5.76 Å². The minimum absolute atomic E-state index is 0.156. The molecule has 1 amide bonds. The van der Waals surface area contributed by atoms with Gasteiger partial charge in [0.05, 0.1) is 0 Å². The van der Waals surface area contributed by atoms with Crippen molar-refractivity contribution >= 4 is 5.91 Å². The number of nitrogens with two attached hydrogens (primary N) is 1. The first-order valence-electron chi connectivity index (χ1n) is 4.07. The molecule has 70 valence electrons. The van der Waals surface area contributed by atoms with Crippen molar-refractivity contribution in [3.63, 3.8) is 0 Å². The van der Waals surface area contributed by atoms with Gasteiger partial charge in [-0.2, -0.15) is 0 Å². The Morgan fingerprint density at radius 3 is 2.79 bits per heavy atom. The Morgan fingerprint density at radius 1 is 1.36 bits per heavy atom. The van der Waals surface area contributed by atoms with Crippen LogP contribution >= 0.6 is 0 Å². The second-order valence-electron chi connectivity index (χ2n) is 2.77. The number of carbonyl (C=O) groups excluding carboxylic acids is 1. The SMILES string of the molecule is NC(=O)c1ccc(-c2cccnc2)o1. The molecule has 14 heavy (non-hydrogen) atoms. The number of pyridine rings is 1. The molecule has 2 heterocycles. The van der Waals surface area contributed by atoms with Crippen LogP contribution in [0.3, 0.4) is 0 Å². The van der Waals surface area contributed by atoms with Gasteiger partial charge < -0.3 is 10.2 Å². The summed E-state index contributed by atoms with van der Waals surface area (Å²) in [5, 5.41) is 0. The standard InChI is InChI=1S/C10H8N2O2/c11-10(13)9-4-3-8(14-9)7-2-1-5-12-6-7/h1-6H,(H2,11,13). The molecule has 0 bridgehead atoms. The summed E-state index contributed by atoms with van der Waals surface area (Å²) < 4.78 is 5.22. The van der Waals surface area contributed by atoms with Crippen molar-refractivity contribution in [1.29, 1.82) is 0 Å². The molecule has 0 aliphatic heterocycles. The maximum Gasteiger partial charge on any atom is 0.284 e. The Kier molecular flexibility index (Phi) is 2.02. The zero-order chi connectivity index (χ0) is 9.97. The van der Waals surface area contributed by atoms with E-state index in [4.69, 9.17) is 10.2 Å². The van der Waals surface area contributed by atoms with E-state index in [9.17, 15) is 4.79 Å². The molecule has 4 heteroatoms. The third-order valence-corrected chi connectivity index (χ3v) is 1.79. The van der Waals surface area contributed by atoms with Crippen LogP contribution in [0.15, 0.2) is 41.1 Å². The topological polar surface area (TPSA) is 69.1 Å². The second-order valence-corrected chi connectivity index (χ2v) is 2.77. The first-order chi connectivity index (χ1) is 6.77. The Hall–Kier alpha value is -2.10. The zero-order valence-corrected chi connectivity index (χ0v) is 7.31. The van der Waals surface area contributed by atoms with Gasteiger partial charge in [-0.1, -0.05) is 0 Å². The highest BCUT2D eigenvalue weighted by molar-refractivity contribution is 5.90. The number of carbonyl (C=O) groups is 1. The van der Waals surface area contributed by atoms with Gasteiger partial charge in [0.25, 0.3) is 5.91 Å². The van der Waals surface area contributed by atoms with Crippen molar-refractivity contribution < 1.29 is 9.21 Å². The van der Waals surface area contributed by atoms with Crippen LogP contribution in [0.1, 0.15) is 10.6 Å². The lowest BCUT2D eigenvalue weighted by atomic mass is 10.2. The summed E-state index contributed by atoms with van der Waals surface area (Å²) in [6.07, 6.45) is 3.32. The highest BCUT2D eigenvalue weighted by Gasteiger charge is 2.07. The fourth-order valence-corrected chi connectivity index (χ4v) is 1.13. The number of nitrogens with zero attached hydrogens (tertiary/aromatic N) is 1. The van der Waals surface area contributed by atoms with E-state index in [-0.39, 0.29) is 5.76 Å². The third kappa shape index (κ3) is 1.50. The summed E-state index contributed by atoms with van der Waals surface area (Å²) in [5.41, 5.74) is 5.88. The number of hydrogen-bond acceptors (Lipinski definition) is 3. The summed E-state index contributed by atoms with van der Waals surface area (Å²) in [6, 6.07) is 6.88. The van der Waals surface area contributed by atoms with E-state index in [1.54, 1.807) is 30.6 Å². The Labute approximate surface area is 80.4 Å². The largest absolute Gasteiger partial charge is 0.451 e. The molecule has 0 atom stereocenters. The highest BCUT2D eigenvalue weighted by atomic mass is 16.3. The van der Waals surface area contributed by atoms with Crippen molar-refractivity contribution in [2.24, 2.45) is 5.73 Å². The van der Waals surface area contributed by atoms with Crippen molar-refractivity contribution in [2.45, 2.75) is 0 Å². The average molecular weight is 188 g/mol. The maximum atomic E-state index is 10.8. The fourth-order valence-electron chi connectivity index (χ4n) is 1.13. The number of amides is 1. The summed E-state index contributed by atoms with van der Waals surface area (Å²) in [5.74, 6) is 0.177. The van der Waals surface area contributed by atoms with Gasteiger partial charge in [-0.3, -0.25) is 9.78 Å². The molecule has 2 N–H and O–H groups in total. The Balaban J connectivity index is 2.39. The molecule has 0 saturated carbocycles. The van der Waals surface area contributed by atoms with E-state index < -0.39 is 5.91 Å².